The maximum absolute atomic E-state index is 12.8. The number of aromatic nitrogens is 3. The fourth-order valence-corrected chi connectivity index (χ4v) is 4.94. The van der Waals surface area contributed by atoms with E-state index in [-0.39, 0.29) is 18.0 Å². The van der Waals surface area contributed by atoms with E-state index in [2.05, 4.69) is 32.8 Å². The highest BCUT2D eigenvalue weighted by molar-refractivity contribution is 5.93. The number of pyridine rings is 1. The quantitative estimate of drug-likeness (QED) is 0.558. The molecule has 5 rings (SSSR count). The van der Waals surface area contributed by atoms with E-state index >= 15 is 0 Å². The van der Waals surface area contributed by atoms with Crippen molar-refractivity contribution in [1.29, 1.82) is 0 Å². The van der Waals surface area contributed by atoms with E-state index in [1.54, 1.807) is 18.6 Å². The number of carbonyl (C=O) groups excluding carboxylic acids is 1. The lowest BCUT2D eigenvalue weighted by molar-refractivity contribution is -0.120. The summed E-state index contributed by atoms with van der Waals surface area (Å²) in [6, 6.07) is 14.0. The average molecular weight is 432 g/mol. The van der Waals surface area contributed by atoms with E-state index in [1.807, 2.05) is 35.0 Å². The molecule has 0 bridgehead atoms. The molecule has 4 atom stereocenters. The minimum atomic E-state index is -0.540. The lowest BCUT2D eigenvalue weighted by Gasteiger charge is -2.23. The van der Waals surface area contributed by atoms with Crippen LogP contribution in [-0.2, 0) is 17.6 Å². The van der Waals surface area contributed by atoms with Gasteiger partial charge in [-0.2, -0.15) is 5.10 Å². The summed E-state index contributed by atoms with van der Waals surface area (Å²) in [6.07, 6.45) is 10.3. The largest absolute Gasteiger partial charge is 0.387 e. The third-order valence-corrected chi connectivity index (χ3v) is 6.65. The van der Waals surface area contributed by atoms with Crippen molar-refractivity contribution in [2.24, 2.45) is 0 Å². The number of anilines is 1. The second kappa shape index (κ2) is 9.22. The molecule has 2 aliphatic rings. The van der Waals surface area contributed by atoms with Gasteiger partial charge in [0.15, 0.2) is 0 Å². The first-order valence-corrected chi connectivity index (χ1v) is 11.4. The van der Waals surface area contributed by atoms with Gasteiger partial charge in [0, 0.05) is 47.6 Å². The Morgan fingerprint density at radius 3 is 2.84 bits per heavy atom. The Hall–Kier alpha value is -3.03. The van der Waals surface area contributed by atoms with Gasteiger partial charge in [0.1, 0.15) is 6.04 Å². The van der Waals surface area contributed by atoms with Crippen molar-refractivity contribution >= 4 is 11.6 Å². The van der Waals surface area contributed by atoms with Gasteiger partial charge in [-0.1, -0.05) is 18.2 Å². The van der Waals surface area contributed by atoms with Gasteiger partial charge in [0.2, 0.25) is 5.91 Å². The first kappa shape index (κ1) is 20.8. The lowest BCUT2D eigenvalue weighted by Crippen LogP contribution is -2.35. The van der Waals surface area contributed by atoms with E-state index in [4.69, 9.17) is 0 Å². The molecule has 4 heterocycles. The van der Waals surface area contributed by atoms with Gasteiger partial charge < -0.3 is 15.7 Å². The molecule has 7 heteroatoms. The summed E-state index contributed by atoms with van der Waals surface area (Å²) in [5.41, 5.74) is 4.00. The Morgan fingerprint density at radius 2 is 2.03 bits per heavy atom. The minimum absolute atomic E-state index is 0.00732. The van der Waals surface area contributed by atoms with Crippen LogP contribution in [0.1, 0.15) is 54.6 Å². The fraction of sp³-hybridized carbons (Fsp3) is 0.400. The third-order valence-electron chi connectivity index (χ3n) is 6.65. The van der Waals surface area contributed by atoms with Crippen molar-refractivity contribution in [1.82, 2.24) is 20.1 Å². The molecule has 7 nitrogen and oxygen atoms in total. The van der Waals surface area contributed by atoms with E-state index < -0.39 is 6.10 Å². The number of amides is 1. The van der Waals surface area contributed by atoms with Crippen LogP contribution in [0.4, 0.5) is 5.69 Å². The van der Waals surface area contributed by atoms with Crippen LogP contribution in [0.25, 0.3) is 0 Å². The fourth-order valence-electron chi connectivity index (χ4n) is 4.94. The van der Waals surface area contributed by atoms with Crippen molar-refractivity contribution in [2.45, 2.75) is 62.8 Å². The topological polar surface area (TPSA) is 92.1 Å². The van der Waals surface area contributed by atoms with Gasteiger partial charge in [-0.15, -0.1) is 0 Å². The number of rotatable bonds is 6. The van der Waals surface area contributed by atoms with Crippen LogP contribution in [0.5, 0.6) is 0 Å². The Labute approximate surface area is 187 Å². The van der Waals surface area contributed by atoms with Crippen LogP contribution >= 0.6 is 0 Å². The average Bonchev–Trinajstić information content (AvgIpc) is 3.50. The Balaban J connectivity index is 1.15. The van der Waals surface area contributed by atoms with Crippen LogP contribution in [0.3, 0.4) is 0 Å². The number of nitrogens with one attached hydrogen (secondary N) is 2. The van der Waals surface area contributed by atoms with Gasteiger partial charge >= 0.3 is 0 Å². The van der Waals surface area contributed by atoms with Gasteiger partial charge in [-0.25, -0.2) is 0 Å². The molecule has 0 radical (unpaired) electrons. The zero-order valence-electron chi connectivity index (χ0n) is 18.0. The zero-order valence-corrected chi connectivity index (χ0v) is 18.0. The van der Waals surface area contributed by atoms with Crippen molar-refractivity contribution in [3.63, 3.8) is 0 Å². The van der Waals surface area contributed by atoms with Gasteiger partial charge in [-0.05, 0) is 68.4 Å². The summed E-state index contributed by atoms with van der Waals surface area (Å²) in [5, 5.41) is 21.6. The standard InChI is InChI=1S/C25H29N5O2/c31-24(18-3-2-13-26-16-18)22-11-10-20(28-22)15-17-6-8-19(9-7-17)29-25(32)23-5-1-4-21-12-14-27-30(21)23/h2-3,6-9,12-14,16,20,22-24,28,31H,1,4-5,10-11,15H2,(H,29,32)/t20-,22+,23?,24+/m0/s1. The first-order valence-electron chi connectivity index (χ1n) is 11.4. The molecule has 2 aliphatic heterocycles. The molecule has 3 aromatic rings. The monoisotopic (exact) mass is 431 g/mol. The van der Waals surface area contributed by atoms with Crippen LogP contribution in [0.15, 0.2) is 61.1 Å². The molecule has 0 saturated carbocycles. The molecular weight excluding hydrogens is 402 g/mol. The van der Waals surface area contributed by atoms with Crippen molar-refractivity contribution in [2.75, 3.05) is 5.32 Å². The zero-order chi connectivity index (χ0) is 21.9. The molecule has 32 heavy (non-hydrogen) atoms. The first-order chi connectivity index (χ1) is 15.7. The van der Waals surface area contributed by atoms with Crippen LogP contribution < -0.4 is 10.6 Å². The molecule has 0 spiro atoms. The SMILES string of the molecule is O=C(Nc1ccc(C[C@@H]2CC[C@H]([C@H](O)c3cccnc3)N2)cc1)C1CCCc2ccnn21. The lowest BCUT2D eigenvalue weighted by atomic mass is 10.0. The highest BCUT2D eigenvalue weighted by Crippen LogP contribution is 2.27. The predicted octanol–water partition coefficient (Wildman–Crippen LogP) is 3.19. The molecular formula is C25H29N5O2. The number of carbonyl (C=O) groups is 1. The number of aliphatic hydroxyl groups is 1. The summed E-state index contributed by atoms with van der Waals surface area (Å²) in [4.78, 5) is 16.9. The molecule has 0 aliphatic carbocycles. The van der Waals surface area contributed by atoms with E-state index in [0.717, 1.165) is 55.5 Å². The van der Waals surface area contributed by atoms with Crippen molar-refractivity contribution < 1.29 is 9.90 Å². The Morgan fingerprint density at radius 1 is 1.16 bits per heavy atom. The van der Waals surface area contributed by atoms with E-state index in [1.165, 1.54) is 5.56 Å². The minimum Gasteiger partial charge on any atom is -0.387 e. The number of hydrogen-bond acceptors (Lipinski definition) is 5. The smallest absolute Gasteiger partial charge is 0.249 e. The highest BCUT2D eigenvalue weighted by atomic mass is 16.3. The van der Waals surface area contributed by atoms with Crippen LogP contribution in [0, 0.1) is 0 Å². The summed E-state index contributed by atoms with van der Waals surface area (Å²) in [6.45, 7) is 0. The molecule has 1 fully saturated rings. The van der Waals surface area contributed by atoms with E-state index in [9.17, 15) is 9.90 Å². The summed E-state index contributed by atoms with van der Waals surface area (Å²) >= 11 is 0. The highest BCUT2D eigenvalue weighted by Gasteiger charge is 2.30. The van der Waals surface area contributed by atoms with E-state index in [0.29, 0.717) is 6.04 Å². The maximum Gasteiger partial charge on any atom is 0.249 e. The predicted molar refractivity (Wildman–Crippen MR) is 122 cm³/mol. The molecule has 2 aromatic heterocycles. The summed E-state index contributed by atoms with van der Waals surface area (Å²) in [5.74, 6) is -0.00732. The second-order valence-electron chi connectivity index (χ2n) is 8.84. The van der Waals surface area contributed by atoms with Crippen LogP contribution in [0.2, 0.25) is 0 Å². The second-order valence-corrected chi connectivity index (χ2v) is 8.84. The third kappa shape index (κ3) is 4.45. The number of aliphatic hydroxyl groups excluding tert-OH is 1. The van der Waals surface area contributed by atoms with Gasteiger partial charge in [-0.3, -0.25) is 14.5 Å². The number of aryl methyl sites for hydroxylation is 1. The molecule has 1 saturated heterocycles. The molecule has 1 unspecified atom stereocenters. The molecule has 3 N–H and O–H groups in total. The number of hydrogen-bond donors (Lipinski definition) is 3. The number of benzene rings is 1. The Kier molecular flexibility index (Phi) is 6.01. The number of nitrogens with zero attached hydrogens (tertiary/aromatic N) is 3. The molecule has 1 amide bonds. The van der Waals surface area contributed by atoms with Gasteiger partial charge in [0.25, 0.3) is 0 Å². The Bertz CT molecular complexity index is 1050. The van der Waals surface area contributed by atoms with Crippen molar-refractivity contribution in [3.05, 3.63) is 77.9 Å². The summed E-state index contributed by atoms with van der Waals surface area (Å²) < 4.78 is 1.86. The molecule has 166 valence electrons. The van der Waals surface area contributed by atoms with Crippen LogP contribution in [-0.4, -0.2) is 37.9 Å². The maximum atomic E-state index is 12.8. The van der Waals surface area contributed by atoms with Gasteiger partial charge in [0.05, 0.1) is 6.10 Å². The molecule has 1 aromatic carbocycles. The normalized spacial score (nSPS) is 23.5. The number of fused-ring (bicyclic) bond motifs is 1. The van der Waals surface area contributed by atoms with Crippen molar-refractivity contribution in [3.8, 4) is 0 Å². The summed E-state index contributed by atoms with van der Waals surface area (Å²) in [7, 11) is 0.